The number of phenolic OH excluding ortho intramolecular Hbond substituents is 1. The van der Waals surface area contributed by atoms with E-state index in [0.717, 1.165) is 40.7 Å². The number of alkyl halides is 1. The Bertz CT molecular complexity index is 1250. The van der Waals surface area contributed by atoms with Crippen LogP contribution in [0.4, 0.5) is 8.78 Å². The molecule has 4 nitrogen and oxygen atoms in total. The molecule has 0 amide bonds. The van der Waals surface area contributed by atoms with E-state index < -0.39 is 11.6 Å². The fourth-order valence-corrected chi connectivity index (χ4v) is 6.13. The predicted molar refractivity (Wildman–Crippen MR) is 119 cm³/mol. The highest BCUT2D eigenvalue weighted by Gasteiger charge is 2.65. The van der Waals surface area contributed by atoms with Gasteiger partial charge in [-0.3, -0.25) is 0 Å². The Morgan fingerprint density at radius 3 is 2.44 bits per heavy atom. The van der Waals surface area contributed by atoms with Gasteiger partial charge in [0, 0.05) is 16.8 Å². The molecule has 1 spiro atoms. The topological polar surface area (TPSA) is 62.5 Å². The van der Waals surface area contributed by atoms with E-state index >= 15 is 0 Å². The summed E-state index contributed by atoms with van der Waals surface area (Å²) in [7, 11) is 0. The number of aromatic nitrogens is 1. The first kappa shape index (κ1) is 21.0. The van der Waals surface area contributed by atoms with Gasteiger partial charge in [-0.25, -0.2) is 13.6 Å². The van der Waals surface area contributed by atoms with Gasteiger partial charge in [-0.15, -0.1) is 0 Å². The van der Waals surface area contributed by atoms with Gasteiger partial charge in [0.15, 0.2) is 0 Å². The van der Waals surface area contributed by atoms with Crippen molar-refractivity contribution >= 4 is 16.9 Å². The van der Waals surface area contributed by atoms with Crippen molar-refractivity contribution in [1.29, 1.82) is 0 Å². The Balaban J connectivity index is 1.62. The number of hydrogen-bond donors (Lipinski definition) is 2. The molecular weight excluding hydrogens is 412 g/mol. The third-order valence-electron chi connectivity index (χ3n) is 7.44. The van der Waals surface area contributed by atoms with Crippen LogP contribution in [0.5, 0.6) is 5.75 Å². The molecule has 0 radical (unpaired) electrons. The molecule has 0 saturated heterocycles. The molecule has 2 aliphatic rings. The molecule has 168 valence electrons. The summed E-state index contributed by atoms with van der Waals surface area (Å²) in [6, 6.07) is 10.4. The van der Waals surface area contributed by atoms with E-state index in [1.807, 2.05) is 12.1 Å². The summed E-state index contributed by atoms with van der Waals surface area (Å²) < 4.78 is 30.5. The molecular formula is C26H27F2NO3. The molecule has 1 heterocycles. The van der Waals surface area contributed by atoms with Gasteiger partial charge in [0.25, 0.3) is 0 Å². The number of carbonyl (C=O) groups is 1. The van der Waals surface area contributed by atoms with Crippen molar-refractivity contribution in [3.63, 3.8) is 0 Å². The van der Waals surface area contributed by atoms with Crippen molar-refractivity contribution in [3.05, 3.63) is 59.0 Å². The fourth-order valence-electron chi connectivity index (χ4n) is 6.13. The minimum absolute atomic E-state index is 0.0733. The highest BCUT2D eigenvalue weighted by Crippen LogP contribution is 2.67. The van der Waals surface area contributed by atoms with E-state index in [4.69, 9.17) is 5.11 Å². The minimum atomic E-state index is -2.09. The summed E-state index contributed by atoms with van der Waals surface area (Å²) in [5.41, 5.74) is 2.25. The summed E-state index contributed by atoms with van der Waals surface area (Å²) in [5.74, 6) is -1.12. The third-order valence-corrected chi connectivity index (χ3v) is 7.44. The van der Waals surface area contributed by atoms with Crippen molar-refractivity contribution in [2.24, 2.45) is 5.41 Å². The van der Waals surface area contributed by atoms with E-state index in [-0.39, 0.29) is 41.7 Å². The molecule has 32 heavy (non-hydrogen) atoms. The van der Waals surface area contributed by atoms with Gasteiger partial charge in [0.2, 0.25) is 5.67 Å². The maximum atomic E-state index is 14.4. The average Bonchev–Trinajstić information content (AvgIpc) is 2.99. The van der Waals surface area contributed by atoms with E-state index in [1.54, 1.807) is 25.1 Å². The monoisotopic (exact) mass is 439 g/mol. The van der Waals surface area contributed by atoms with Crippen LogP contribution in [0.1, 0.15) is 68.2 Å². The first-order chi connectivity index (χ1) is 15.0. The summed E-state index contributed by atoms with van der Waals surface area (Å²) >= 11 is 0. The first-order valence-electron chi connectivity index (χ1n) is 11.1. The normalized spacial score (nSPS) is 27.0. The summed E-state index contributed by atoms with van der Waals surface area (Å²) in [4.78, 5) is 11.2. The fraction of sp³-hybridized carbons (Fsp3) is 0.423. The predicted octanol–water partition coefficient (Wildman–Crippen LogP) is 6.36. The number of fused-ring (bicyclic) bond motifs is 1. The number of aliphatic carboxylic acids is 1. The zero-order chi connectivity index (χ0) is 23.0. The van der Waals surface area contributed by atoms with E-state index in [2.05, 4.69) is 18.4 Å². The second-order valence-electron chi connectivity index (χ2n) is 10.2. The SMILES string of the molecule is Cc1cc(-n2c(C(C)C)c(C3CC4(C3)CC(F)(C(=O)O)C4)c3cc(O)ccc32)ccc1F. The molecule has 0 bridgehead atoms. The molecule has 0 unspecified atom stereocenters. The maximum absolute atomic E-state index is 14.4. The quantitative estimate of drug-likeness (QED) is 0.497. The first-order valence-corrected chi connectivity index (χ1v) is 11.1. The third kappa shape index (κ3) is 2.95. The number of carboxylic acid groups (broad SMARTS) is 1. The number of benzene rings is 2. The van der Waals surface area contributed by atoms with E-state index in [1.165, 1.54) is 6.07 Å². The van der Waals surface area contributed by atoms with Crippen LogP contribution < -0.4 is 0 Å². The van der Waals surface area contributed by atoms with Crippen molar-refractivity contribution in [1.82, 2.24) is 4.57 Å². The van der Waals surface area contributed by atoms with Gasteiger partial charge in [-0.1, -0.05) is 13.8 Å². The molecule has 2 N–H and O–H groups in total. The van der Waals surface area contributed by atoms with Gasteiger partial charge in [0.05, 0.1) is 5.52 Å². The molecule has 0 atom stereocenters. The number of nitrogens with zero attached hydrogens (tertiary/aromatic N) is 1. The molecule has 2 aliphatic carbocycles. The lowest BCUT2D eigenvalue weighted by Gasteiger charge is -2.59. The van der Waals surface area contributed by atoms with Crippen molar-refractivity contribution in [3.8, 4) is 11.4 Å². The number of aryl methyl sites for hydroxylation is 1. The maximum Gasteiger partial charge on any atom is 0.341 e. The minimum Gasteiger partial charge on any atom is -0.508 e. The average molecular weight is 440 g/mol. The Kier molecular flexibility index (Phi) is 4.46. The van der Waals surface area contributed by atoms with Crippen LogP contribution in [0.2, 0.25) is 0 Å². The number of aromatic hydroxyl groups is 1. The number of halogens is 2. The zero-order valence-corrected chi connectivity index (χ0v) is 18.5. The molecule has 0 aliphatic heterocycles. The van der Waals surface area contributed by atoms with Gasteiger partial charge in [0.1, 0.15) is 11.6 Å². The summed E-state index contributed by atoms with van der Waals surface area (Å²) in [6.07, 6.45) is 1.62. The lowest BCUT2D eigenvalue weighted by Crippen LogP contribution is -2.58. The van der Waals surface area contributed by atoms with E-state index in [0.29, 0.717) is 5.56 Å². The standard InChI is InChI=1S/C26H27F2NO3/c1-14(2)23-22(16-10-25(11-16)12-26(28,13-25)24(31)32)19-9-18(30)5-7-21(19)29(23)17-4-6-20(27)15(3)8-17/h4-9,14,16,30H,10-13H2,1-3H3,(H,31,32). The smallest absolute Gasteiger partial charge is 0.341 e. The van der Waals surface area contributed by atoms with Gasteiger partial charge in [-0.2, -0.15) is 0 Å². The van der Waals surface area contributed by atoms with Crippen molar-refractivity contribution in [2.45, 2.75) is 64.0 Å². The largest absolute Gasteiger partial charge is 0.508 e. The Morgan fingerprint density at radius 2 is 1.84 bits per heavy atom. The Hall–Kier alpha value is -2.89. The van der Waals surface area contributed by atoms with Crippen LogP contribution in [-0.4, -0.2) is 26.4 Å². The molecule has 2 fully saturated rings. The number of hydrogen-bond acceptors (Lipinski definition) is 2. The summed E-state index contributed by atoms with van der Waals surface area (Å²) in [6.45, 7) is 5.96. The lowest BCUT2D eigenvalue weighted by molar-refractivity contribution is -0.181. The Morgan fingerprint density at radius 1 is 1.16 bits per heavy atom. The van der Waals surface area contributed by atoms with Gasteiger partial charge >= 0.3 is 5.97 Å². The second kappa shape index (κ2) is 6.80. The van der Waals surface area contributed by atoms with Crippen LogP contribution in [0.25, 0.3) is 16.6 Å². The van der Waals surface area contributed by atoms with Crippen LogP contribution in [-0.2, 0) is 4.79 Å². The van der Waals surface area contributed by atoms with Crippen molar-refractivity contribution < 1.29 is 23.8 Å². The zero-order valence-electron chi connectivity index (χ0n) is 18.5. The molecule has 3 aromatic rings. The molecule has 1 aromatic heterocycles. The van der Waals surface area contributed by atoms with Crippen LogP contribution >= 0.6 is 0 Å². The highest BCUT2D eigenvalue weighted by atomic mass is 19.1. The summed E-state index contributed by atoms with van der Waals surface area (Å²) in [5, 5.41) is 20.3. The molecule has 2 saturated carbocycles. The van der Waals surface area contributed by atoms with Crippen molar-refractivity contribution in [2.75, 3.05) is 0 Å². The Labute approximate surface area is 185 Å². The molecule has 2 aromatic carbocycles. The van der Waals surface area contributed by atoms with Crippen LogP contribution in [0, 0.1) is 18.2 Å². The van der Waals surface area contributed by atoms with Crippen LogP contribution in [0.15, 0.2) is 36.4 Å². The number of phenols is 1. The van der Waals surface area contributed by atoms with Gasteiger partial charge < -0.3 is 14.8 Å². The molecule has 6 heteroatoms. The highest BCUT2D eigenvalue weighted by molar-refractivity contribution is 5.90. The number of carboxylic acids is 1. The second-order valence-corrected chi connectivity index (χ2v) is 10.2. The van der Waals surface area contributed by atoms with Crippen LogP contribution in [0.3, 0.4) is 0 Å². The van der Waals surface area contributed by atoms with Gasteiger partial charge in [-0.05, 0) is 97.4 Å². The number of rotatable bonds is 4. The molecule has 5 rings (SSSR count). The lowest BCUT2D eigenvalue weighted by atomic mass is 9.46. The van der Waals surface area contributed by atoms with E-state index in [9.17, 15) is 18.7 Å².